The molecule has 0 fully saturated rings. The van der Waals surface area contributed by atoms with E-state index in [1.54, 1.807) is 12.1 Å². The van der Waals surface area contributed by atoms with Gasteiger partial charge in [-0.15, -0.1) is 0 Å². The summed E-state index contributed by atoms with van der Waals surface area (Å²) in [4.78, 5) is 0. The van der Waals surface area contributed by atoms with Gasteiger partial charge in [0.15, 0.2) is 0 Å². The SMILES string of the molecule is COc1ccc(C(OC)(OC)c2ccc(I(OS(=O)(=O)C(F)(F)C(F)(F)C(F)(F)C(F)(F)F)c3ccc(C(C)(C)C)cc3)cc2)c(OC)c1. The summed E-state index contributed by atoms with van der Waals surface area (Å²) in [6.07, 6.45) is -7.23. The quantitative estimate of drug-likeness (QED) is 0.0968. The summed E-state index contributed by atoms with van der Waals surface area (Å²) in [7, 11) is -1.82. The molecule has 0 amide bonds. The first kappa shape index (κ1) is 40.6. The van der Waals surface area contributed by atoms with E-state index in [2.05, 4.69) is 2.51 Å². The first-order valence-electron chi connectivity index (χ1n) is 13.8. The molecule has 18 heteroatoms. The van der Waals surface area contributed by atoms with E-state index in [-0.39, 0.29) is 18.5 Å². The first-order chi connectivity index (χ1) is 22.4. The van der Waals surface area contributed by atoms with Gasteiger partial charge in [-0.2, -0.15) is 0 Å². The third kappa shape index (κ3) is 7.34. The molecule has 0 aliphatic carbocycles. The number of alkyl halides is 9. The molecule has 49 heavy (non-hydrogen) atoms. The maximum atomic E-state index is 14.8. The summed E-state index contributed by atoms with van der Waals surface area (Å²) in [6, 6.07) is 15.1. The predicted molar refractivity (Wildman–Crippen MR) is 168 cm³/mol. The Morgan fingerprint density at radius 1 is 0.612 bits per heavy atom. The Hall–Kier alpha value is -2.81. The summed E-state index contributed by atoms with van der Waals surface area (Å²) in [6.45, 7) is 5.45. The minimum atomic E-state index is -7.45. The number of rotatable bonds is 13. The Kier molecular flexibility index (Phi) is 11.7. The fourth-order valence-electron chi connectivity index (χ4n) is 4.45. The Morgan fingerprint density at radius 2 is 1.08 bits per heavy atom. The van der Waals surface area contributed by atoms with Crippen molar-refractivity contribution in [3.8, 4) is 11.5 Å². The minimum absolute atomic E-state index is 0.100. The van der Waals surface area contributed by atoms with Gasteiger partial charge in [-0.1, -0.05) is 0 Å². The molecule has 0 atom stereocenters. The Labute approximate surface area is 284 Å². The van der Waals surface area contributed by atoms with Crippen molar-refractivity contribution in [3.05, 3.63) is 90.6 Å². The summed E-state index contributed by atoms with van der Waals surface area (Å²) >= 11 is -4.41. The van der Waals surface area contributed by atoms with Crippen molar-refractivity contribution in [1.29, 1.82) is 0 Å². The van der Waals surface area contributed by atoms with E-state index in [1.807, 2.05) is 20.8 Å². The molecular weight excluding hydrogens is 814 g/mol. The van der Waals surface area contributed by atoms with Crippen molar-refractivity contribution < 1.29 is 69.4 Å². The van der Waals surface area contributed by atoms with Crippen LogP contribution in [-0.2, 0) is 33.3 Å². The van der Waals surface area contributed by atoms with Gasteiger partial charge in [-0.05, 0) is 0 Å². The number of benzene rings is 3. The Bertz CT molecular complexity index is 1710. The van der Waals surface area contributed by atoms with Crippen LogP contribution < -0.4 is 9.47 Å². The topological polar surface area (TPSA) is 80.3 Å². The zero-order valence-corrected chi connectivity index (χ0v) is 29.9. The van der Waals surface area contributed by atoms with Gasteiger partial charge < -0.3 is 0 Å². The van der Waals surface area contributed by atoms with Gasteiger partial charge in [0.25, 0.3) is 0 Å². The molecule has 0 aliphatic rings. The van der Waals surface area contributed by atoms with Gasteiger partial charge in [0.2, 0.25) is 0 Å². The average Bonchev–Trinajstić information content (AvgIpc) is 3.03. The Morgan fingerprint density at radius 3 is 1.47 bits per heavy atom. The molecule has 3 rings (SSSR count). The van der Waals surface area contributed by atoms with Crippen LogP contribution in [0.3, 0.4) is 0 Å². The van der Waals surface area contributed by atoms with Crippen molar-refractivity contribution in [2.24, 2.45) is 0 Å². The number of hydrogen-bond acceptors (Lipinski definition) is 7. The monoisotopic (exact) mass is 846 g/mol. The first-order valence-corrected chi connectivity index (χ1v) is 18.2. The van der Waals surface area contributed by atoms with E-state index >= 15 is 0 Å². The second kappa shape index (κ2) is 14.1. The molecule has 0 heterocycles. The third-order valence-corrected chi connectivity index (χ3v) is 14.6. The zero-order chi connectivity index (χ0) is 37.4. The molecule has 0 unspecified atom stereocenters. The molecule has 0 bridgehead atoms. The van der Waals surface area contributed by atoms with Crippen LogP contribution in [0.15, 0.2) is 66.7 Å². The molecule has 0 aromatic heterocycles. The summed E-state index contributed by atoms with van der Waals surface area (Å²) < 4.78 is 175. The van der Waals surface area contributed by atoms with Crippen molar-refractivity contribution in [2.45, 2.75) is 55.2 Å². The van der Waals surface area contributed by atoms with Crippen LogP contribution >= 0.6 is 20.2 Å². The number of hydrogen-bond donors (Lipinski definition) is 0. The fourth-order valence-corrected chi connectivity index (χ4v) is 11.4. The fraction of sp³-hybridized carbons (Fsp3) is 0.419. The molecule has 0 saturated carbocycles. The van der Waals surface area contributed by atoms with E-state index in [4.69, 9.17) is 18.9 Å². The van der Waals surface area contributed by atoms with E-state index < -0.39 is 64.8 Å². The molecular formula is C31H32F9IO7S. The van der Waals surface area contributed by atoms with E-state index in [0.717, 1.165) is 0 Å². The van der Waals surface area contributed by atoms with E-state index in [9.17, 15) is 47.9 Å². The van der Waals surface area contributed by atoms with Crippen LogP contribution in [0, 0.1) is 7.14 Å². The number of ether oxygens (including phenoxy) is 4. The van der Waals surface area contributed by atoms with Gasteiger partial charge in [0.1, 0.15) is 0 Å². The summed E-state index contributed by atoms with van der Waals surface area (Å²) in [5.41, 5.74) is 0.739. The van der Waals surface area contributed by atoms with Gasteiger partial charge in [0.05, 0.1) is 0 Å². The normalized spacial score (nSPS) is 14.1. The summed E-state index contributed by atoms with van der Waals surface area (Å²) in [5, 5.41) is -7.02. The molecule has 0 spiro atoms. The molecule has 274 valence electrons. The molecule has 7 nitrogen and oxygen atoms in total. The van der Waals surface area contributed by atoms with Crippen LogP contribution in [0.25, 0.3) is 0 Å². The third-order valence-electron chi connectivity index (χ3n) is 7.24. The van der Waals surface area contributed by atoms with Crippen LogP contribution in [0.4, 0.5) is 39.5 Å². The van der Waals surface area contributed by atoms with Gasteiger partial charge in [-0.25, -0.2) is 0 Å². The molecule has 0 radical (unpaired) electrons. The van der Waals surface area contributed by atoms with Crippen LogP contribution in [0.2, 0.25) is 0 Å². The van der Waals surface area contributed by atoms with Gasteiger partial charge >= 0.3 is 285 Å². The average molecular weight is 847 g/mol. The van der Waals surface area contributed by atoms with E-state index in [0.29, 0.717) is 16.9 Å². The van der Waals surface area contributed by atoms with Crippen molar-refractivity contribution in [1.82, 2.24) is 0 Å². The maximum absolute atomic E-state index is 14.8. The van der Waals surface area contributed by atoms with Gasteiger partial charge in [-0.3, -0.25) is 0 Å². The molecule has 0 aliphatic heterocycles. The Balaban J connectivity index is 2.20. The molecule has 0 N–H and O–H groups in total. The number of halogens is 10. The molecule has 3 aromatic rings. The second-order valence-electron chi connectivity index (χ2n) is 11.3. The standard InChI is InChI=1S/C31H32F9IO7S/c1-26(2,3)19-8-12-21(13-9-19)41(48-49(42,43)31(39,40)29(34,35)28(32,33)30(36,37)38)22-14-10-20(11-15-22)27(46-6,47-7)24-17-16-23(44-4)18-25(24)45-5/h8-18H,1-7H3. The van der Waals surface area contributed by atoms with Gasteiger partial charge in [0, 0.05) is 0 Å². The van der Waals surface area contributed by atoms with Crippen LogP contribution in [0.1, 0.15) is 37.5 Å². The molecule has 0 saturated heterocycles. The van der Waals surface area contributed by atoms with Crippen molar-refractivity contribution >= 4 is 30.4 Å². The van der Waals surface area contributed by atoms with Crippen LogP contribution in [-0.4, -0.2) is 60.1 Å². The second-order valence-corrected chi connectivity index (χ2v) is 17.8. The predicted octanol–water partition coefficient (Wildman–Crippen LogP) is 8.73. The van der Waals surface area contributed by atoms with Crippen LogP contribution in [0.5, 0.6) is 11.5 Å². The number of methoxy groups -OCH3 is 4. The summed E-state index contributed by atoms with van der Waals surface area (Å²) in [5.74, 6) is -16.0. The van der Waals surface area contributed by atoms with Crippen molar-refractivity contribution in [3.63, 3.8) is 0 Å². The van der Waals surface area contributed by atoms with E-state index in [1.165, 1.54) is 83.0 Å². The molecule has 3 aromatic carbocycles. The van der Waals surface area contributed by atoms with Crippen molar-refractivity contribution in [2.75, 3.05) is 28.4 Å². The zero-order valence-electron chi connectivity index (χ0n) is 26.9.